The summed E-state index contributed by atoms with van der Waals surface area (Å²) in [5.74, 6) is -0.403. The summed E-state index contributed by atoms with van der Waals surface area (Å²) in [6, 6.07) is 21.0. The standard InChI is InChI=1S/C32H33ClN4O5S/c1-21(31(42-20-38)23-8-12-27(13-9-23)43(34,40)41)28-19-35-30(22-6-10-26(33)11-7-22)29(28)24-4-3-5-25(18-24)32(39)37-16-14-36(2)15-17-37/h3-13,18-21,31,35H,14-17H2,1-2H3,(H2,34,40,41). The molecule has 2 heterocycles. The predicted molar refractivity (Wildman–Crippen MR) is 166 cm³/mol. The van der Waals surface area contributed by atoms with Crippen molar-refractivity contribution >= 4 is 34.0 Å². The van der Waals surface area contributed by atoms with E-state index in [-0.39, 0.29) is 16.7 Å². The number of likely N-dealkylation sites (N-methyl/N-ethyl adjacent to an activating group) is 1. The number of piperazine rings is 1. The summed E-state index contributed by atoms with van der Waals surface area (Å²) in [6.07, 6.45) is 1.13. The Morgan fingerprint density at radius 2 is 1.67 bits per heavy atom. The number of H-pyrrole nitrogens is 1. The summed E-state index contributed by atoms with van der Waals surface area (Å²) in [4.78, 5) is 32.6. The first-order valence-corrected chi connectivity index (χ1v) is 15.8. The van der Waals surface area contributed by atoms with Crippen molar-refractivity contribution in [2.24, 2.45) is 5.14 Å². The van der Waals surface area contributed by atoms with E-state index in [1.165, 1.54) is 12.1 Å². The molecule has 1 saturated heterocycles. The second kappa shape index (κ2) is 12.7. The molecule has 0 saturated carbocycles. The van der Waals surface area contributed by atoms with Crippen molar-refractivity contribution in [1.82, 2.24) is 14.8 Å². The molecular formula is C32H33ClN4O5S. The van der Waals surface area contributed by atoms with Gasteiger partial charge in [-0.2, -0.15) is 0 Å². The number of aromatic amines is 1. The van der Waals surface area contributed by atoms with Crippen molar-refractivity contribution in [3.05, 3.63) is 101 Å². The van der Waals surface area contributed by atoms with Crippen molar-refractivity contribution in [3.63, 3.8) is 0 Å². The lowest BCUT2D eigenvalue weighted by Gasteiger charge is -2.32. The molecule has 1 amide bonds. The molecule has 1 aliphatic heterocycles. The molecule has 0 aliphatic carbocycles. The molecule has 5 rings (SSSR count). The van der Waals surface area contributed by atoms with E-state index in [4.69, 9.17) is 21.5 Å². The number of carbonyl (C=O) groups excluding carboxylic acids is 2. The minimum Gasteiger partial charge on any atom is -0.459 e. The van der Waals surface area contributed by atoms with Crippen LogP contribution in [0.25, 0.3) is 22.4 Å². The fourth-order valence-corrected chi connectivity index (χ4v) is 6.15. The van der Waals surface area contributed by atoms with Crippen LogP contribution in [0, 0.1) is 0 Å². The molecule has 11 heteroatoms. The van der Waals surface area contributed by atoms with Gasteiger partial charge in [-0.05, 0) is 65.7 Å². The first kappa shape index (κ1) is 30.5. The zero-order valence-corrected chi connectivity index (χ0v) is 25.4. The molecule has 9 nitrogen and oxygen atoms in total. The summed E-state index contributed by atoms with van der Waals surface area (Å²) in [5.41, 5.74) is 5.41. The number of hydrogen-bond acceptors (Lipinski definition) is 6. The van der Waals surface area contributed by atoms with Crippen LogP contribution in [0.2, 0.25) is 5.02 Å². The van der Waals surface area contributed by atoms with Crippen LogP contribution in [-0.4, -0.2) is 68.8 Å². The third-order valence-electron chi connectivity index (χ3n) is 7.92. The summed E-state index contributed by atoms with van der Waals surface area (Å²) < 4.78 is 29.2. The zero-order valence-electron chi connectivity index (χ0n) is 23.9. The summed E-state index contributed by atoms with van der Waals surface area (Å²) in [7, 11) is -1.84. The van der Waals surface area contributed by atoms with Gasteiger partial charge in [0.1, 0.15) is 6.10 Å². The van der Waals surface area contributed by atoms with Gasteiger partial charge in [-0.3, -0.25) is 9.59 Å². The van der Waals surface area contributed by atoms with Crippen molar-refractivity contribution in [2.45, 2.75) is 23.8 Å². The van der Waals surface area contributed by atoms with Gasteiger partial charge in [0.05, 0.1) is 10.6 Å². The number of nitrogens with one attached hydrogen (secondary N) is 1. The topological polar surface area (TPSA) is 126 Å². The molecule has 1 fully saturated rings. The van der Waals surface area contributed by atoms with Gasteiger partial charge in [0.15, 0.2) is 0 Å². The van der Waals surface area contributed by atoms with Crippen LogP contribution in [0.4, 0.5) is 0 Å². The van der Waals surface area contributed by atoms with Crippen molar-refractivity contribution in [2.75, 3.05) is 33.2 Å². The van der Waals surface area contributed by atoms with Gasteiger partial charge in [-0.25, -0.2) is 13.6 Å². The number of nitrogens with two attached hydrogens (primary N) is 1. The van der Waals surface area contributed by atoms with Gasteiger partial charge < -0.3 is 19.5 Å². The van der Waals surface area contributed by atoms with E-state index in [1.807, 2.05) is 73.6 Å². The number of sulfonamides is 1. The zero-order chi connectivity index (χ0) is 30.7. The maximum absolute atomic E-state index is 13.5. The highest BCUT2D eigenvalue weighted by molar-refractivity contribution is 7.89. The van der Waals surface area contributed by atoms with E-state index in [9.17, 15) is 18.0 Å². The number of nitrogens with zero attached hydrogens (tertiary/aromatic N) is 2. The molecule has 2 unspecified atom stereocenters. The lowest BCUT2D eigenvalue weighted by atomic mass is 9.86. The number of halogens is 1. The lowest BCUT2D eigenvalue weighted by Crippen LogP contribution is -2.47. The monoisotopic (exact) mass is 620 g/mol. The minimum atomic E-state index is -3.88. The number of aromatic nitrogens is 1. The molecule has 3 N–H and O–H groups in total. The third-order valence-corrected chi connectivity index (χ3v) is 9.10. The predicted octanol–water partition coefficient (Wildman–Crippen LogP) is 5.05. The van der Waals surface area contributed by atoms with Crippen LogP contribution >= 0.6 is 11.6 Å². The highest BCUT2D eigenvalue weighted by Gasteiger charge is 2.29. The Balaban J connectivity index is 1.59. The Bertz CT molecular complexity index is 1710. The quantitative estimate of drug-likeness (QED) is 0.252. The van der Waals surface area contributed by atoms with Crippen LogP contribution in [0.3, 0.4) is 0 Å². The van der Waals surface area contributed by atoms with Crippen LogP contribution in [-0.2, 0) is 19.6 Å². The minimum absolute atomic E-state index is 0.0229. The Kier molecular flexibility index (Phi) is 9.03. The van der Waals surface area contributed by atoms with Crippen molar-refractivity contribution < 1.29 is 22.7 Å². The van der Waals surface area contributed by atoms with Crippen LogP contribution in [0.15, 0.2) is 83.9 Å². The number of hydrogen-bond donors (Lipinski definition) is 2. The molecule has 3 aromatic carbocycles. The fourth-order valence-electron chi connectivity index (χ4n) is 5.51. The Morgan fingerprint density at radius 1 is 1.00 bits per heavy atom. The van der Waals surface area contributed by atoms with E-state index >= 15 is 0 Å². The van der Waals surface area contributed by atoms with E-state index in [1.54, 1.807) is 12.1 Å². The molecule has 1 aliphatic rings. The lowest BCUT2D eigenvalue weighted by molar-refractivity contribution is -0.134. The molecular weight excluding hydrogens is 588 g/mol. The number of carbonyl (C=O) groups is 2. The van der Waals surface area contributed by atoms with E-state index < -0.39 is 16.1 Å². The molecule has 1 aromatic heterocycles. The number of benzene rings is 3. The highest BCUT2D eigenvalue weighted by Crippen LogP contribution is 2.43. The largest absolute Gasteiger partial charge is 0.459 e. The highest BCUT2D eigenvalue weighted by atomic mass is 35.5. The molecule has 4 aromatic rings. The summed E-state index contributed by atoms with van der Waals surface area (Å²) in [5, 5.41) is 5.88. The normalized spacial score (nSPS) is 15.6. The molecule has 2 atom stereocenters. The SMILES string of the molecule is CC(c1c[nH]c(-c2ccc(Cl)cc2)c1-c1cccc(C(=O)N2CCN(C)CC2)c1)C(OC=O)c1ccc(S(N)(=O)=O)cc1. The fraction of sp³-hybridized carbons (Fsp3) is 0.250. The van der Waals surface area contributed by atoms with Gasteiger partial charge in [0.25, 0.3) is 12.4 Å². The molecule has 0 spiro atoms. The van der Waals surface area contributed by atoms with Gasteiger partial charge in [-0.1, -0.05) is 54.9 Å². The van der Waals surface area contributed by atoms with Crippen LogP contribution < -0.4 is 5.14 Å². The number of amides is 1. The van der Waals surface area contributed by atoms with Crippen LogP contribution in [0.5, 0.6) is 0 Å². The van der Waals surface area contributed by atoms with Gasteiger partial charge >= 0.3 is 0 Å². The molecule has 43 heavy (non-hydrogen) atoms. The smallest absolute Gasteiger partial charge is 0.293 e. The average molecular weight is 621 g/mol. The van der Waals surface area contributed by atoms with Crippen molar-refractivity contribution in [1.29, 1.82) is 0 Å². The first-order valence-electron chi connectivity index (χ1n) is 13.8. The second-order valence-corrected chi connectivity index (χ2v) is 12.7. The second-order valence-electron chi connectivity index (χ2n) is 10.7. The Morgan fingerprint density at radius 3 is 2.30 bits per heavy atom. The van der Waals surface area contributed by atoms with Gasteiger partial charge in [-0.15, -0.1) is 0 Å². The summed E-state index contributed by atoms with van der Waals surface area (Å²) in [6.45, 7) is 5.29. The Labute approximate surface area is 256 Å². The first-order chi connectivity index (χ1) is 20.6. The molecule has 0 bridgehead atoms. The maximum Gasteiger partial charge on any atom is 0.293 e. The third kappa shape index (κ3) is 6.67. The van der Waals surface area contributed by atoms with Crippen molar-refractivity contribution in [3.8, 4) is 22.4 Å². The maximum atomic E-state index is 13.5. The molecule has 0 radical (unpaired) electrons. The number of ether oxygens (including phenoxy) is 1. The van der Waals surface area contributed by atoms with E-state index in [0.717, 1.165) is 41.0 Å². The van der Waals surface area contributed by atoms with E-state index in [0.29, 0.717) is 35.7 Å². The van der Waals surface area contributed by atoms with E-state index in [2.05, 4.69) is 9.88 Å². The van der Waals surface area contributed by atoms with Gasteiger partial charge in [0.2, 0.25) is 10.0 Å². The average Bonchev–Trinajstić information content (AvgIpc) is 3.45. The molecule has 224 valence electrons. The summed E-state index contributed by atoms with van der Waals surface area (Å²) >= 11 is 6.18. The number of primary sulfonamides is 1. The number of rotatable bonds is 9. The Hall–Kier alpha value is -3.96. The van der Waals surface area contributed by atoms with Gasteiger partial charge in [0, 0.05) is 54.4 Å². The van der Waals surface area contributed by atoms with Crippen LogP contribution in [0.1, 0.15) is 40.4 Å².